The fraction of sp³-hybridized carbons (Fsp3) is 0.355. The molecule has 3 aromatic carbocycles. The van der Waals surface area contributed by atoms with Crippen LogP contribution < -0.4 is 0 Å². The number of carbonyl (C=O) groups excluding carboxylic acids is 2. The van der Waals surface area contributed by atoms with Crippen molar-refractivity contribution in [3.05, 3.63) is 106 Å². The maximum Gasteiger partial charge on any atom is 0.167 e. The molecule has 0 N–H and O–H groups in total. The SMILES string of the molecule is Cc1ccc(CS[C@@H]2CCC[C@H](CC(=O)c3ccc(C)cc3)[C@H]2C(=O)c2ccc(C)cc2)cc1. The third kappa shape index (κ3) is 6.07. The predicted octanol–water partition coefficient (Wildman–Crippen LogP) is 7.79. The van der Waals surface area contributed by atoms with E-state index in [-0.39, 0.29) is 28.7 Å². The lowest BCUT2D eigenvalue weighted by atomic mass is 9.72. The van der Waals surface area contributed by atoms with Gasteiger partial charge in [-0.05, 0) is 45.1 Å². The van der Waals surface area contributed by atoms with Gasteiger partial charge in [0.1, 0.15) is 0 Å². The summed E-state index contributed by atoms with van der Waals surface area (Å²) < 4.78 is 0. The topological polar surface area (TPSA) is 34.1 Å². The van der Waals surface area contributed by atoms with Crippen LogP contribution in [0.15, 0.2) is 72.8 Å². The first-order valence-electron chi connectivity index (χ1n) is 12.3. The third-order valence-electron chi connectivity index (χ3n) is 7.02. The van der Waals surface area contributed by atoms with E-state index in [0.29, 0.717) is 6.42 Å². The summed E-state index contributed by atoms with van der Waals surface area (Å²) in [6, 6.07) is 24.4. The zero-order valence-corrected chi connectivity index (χ0v) is 21.2. The van der Waals surface area contributed by atoms with Crippen molar-refractivity contribution in [2.24, 2.45) is 11.8 Å². The summed E-state index contributed by atoms with van der Waals surface area (Å²) in [4.78, 5) is 27.0. The van der Waals surface area contributed by atoms with E-state index in [0.717, 1.165) is 47.3 Å². The molecule has 176 valence electrons. The Morgan fingerprint density at radius 2 is 1.26 bits per heavy atom. The van der Waals surface area contributed by atoms with Crippen LogP contribution in [-0.2, 0) is 5.75 Å². The van der Waals surface area contributed by atoms with Crippen LogP contribution in [0, 0.1) is 32.6 Å². The average Bonchev–Trinajstić information content (AvgIpc) is 2.84. The molecular weight excluding hydrogens is 436 g/mol. The summed E-state index contributed by atoms with van der Waals surface area (Å²) in [5, 5.41) is 0.222. The minimum atomic E-state index is -0.138. The maximum absolute atomic E-state index is 13.8. The van der Waals surface area contributed by atoms with E-state index >= 15 is 0 Å². The van der Waals surface area contributed by atoms with Gasteiger partial charge in [-0.2, -0.15) is 11.8 Å². The van der Waals surface area contributed by atoms with E-state index in [1.54, 1.807) is 0 Å². The zero-order valence-electron chi connectivity index (χ0n) is 20.4. The summed E-state index contributed by atoms with van der Waals surface area (Å²) in [6.07, 6.45) is 3.46. The normalized spacial score (nSPS) is 20.1. The molecule has 0 amide bonds. The molecular formula is C31H34O2S. The number of aryl methyl sites for hydroxylation is 3. The smallest absolute Gasteiger partial charge is 0.167 e. The molecule has 4 rings (SSSR count). The number of Topliss-reactive ketones (excluding diaryl/α,β-unsaturated/α-hetero) is 2. The second-order valence-electron chi connectivity index (χ2n) is 9.78. The lowest BCUT2D eigenvalue weighted by Crippen LogP contribution is -2.38. The molecule has 1 aliphatic rings. The molecule has 0 radical (unpaired) electrons. The van der Waals surface area contributed by atoms with E-state index in [1.165, 1.54) is 11.1 Å². The molecule has 0 heterocycles. The standard InChI is InChI=1S/C31H34O2S/c1-21-7-13-24(14-8-21)20-34-29-6-4-5-27(19-28(32)25-15-9-22(2)10-16-25)30(29)31(33)26-17-11-23(3)12-18-26/h7-18,27,29-30H,4-6,19-20H2,1-3H3/t27-,29-,30-/m1/s1. The molecule has 0 spiro atoms. The molecule has 0 saturated heterocycles. The van der Waals surface area contributed by atoms with E-state index < -0.39 is 0 Å². The van der Waals surface area contributed by atoms with Crippen LogP contribution in [0.3, 0.4) is 0 Å². The monoisotopic (exact) mass is 470 g/mol. The quantitative estimate of drug-likeness (QED) is 0.315. The van der Waals surface area contributed by atoms with E-state index in [1.807, 2.05) is 74.1 Å². The molecule has 3 atom stereocenters. The van der Waals surface area contributed by atoms with Gasteiger partial charge in [-0.25, -0.2) is 0 Å². The van der Waals surface area contributed by atoms with Crippen LogP contribution in [0.25, 0.3) is 0 Å². The Morgan fingerprint density at radius 3 is 1.85 bits per heavy atom. The maximum atomic E-state index is 13.8. The van der Waals surface area contributed by atoms with Gasteiger partial charge in [0.05, 0.1) is 0 Å². The van der Waals surface area contributed by atoms with Gasteiger partial charge < -0.3 is 0 Å². The number of carbonyl (C=O) groups is 2. The fourth-order valence-corrected chi connectivity index (χ4v) is 6.42. The van der Waals surface area contributed by atoms with Crippen LogP contribution in [-0.4, -0.2) is 16.8 Å². The van der Waals surface area contributed by atoms with E-state index in [4.69, 9.17) is 0 Å². The van der Waals surface area contributed by atoms with Crippen molar-refractivity contribution in [2.45, 2.75) is 57.5 Å². The summed E-state index contributed by atoms with van der Waals surface area (Å²) in [6.45, 7) is 6.17. The van der Waals surface area contributed by atoms with Crippen LogP contribution in [0.5, 0.6) is 0 Å². The second-order valence-corrected chi connectivity index (χ2v) is 11.0. The van der Waals surface area contributed by atoms with Gasteiger partial charge in [0.25, 0.3) is 0 Å². The fourth-order valence-electron chi connectivity index (χ4n) is 4.94. The molecule has 0 bridgehead atoms. The highest BCUT2D eigenvalue weighted by molar-refractivity contribution is 7.99. The molecule has 0 aliphatic heterocycles. The number of hydrogen-bond acceptors (Lipinski definition) is 3. The van der Waals surface area contributed by atoms with Crippen molar-refractivity contribution in [1.82, 2.24) is 0 Å². The van der Waals surface area contributed by atoms with Crippen molar-refractivity contribution in [3.8, 4) is 0 Å². The van der Waals surface area contributed by atoms with Gasteiger partial charge in [-0.3, -0.25) is 9.59 Å². The van der Waals surface area contributed by atoms with E-state index in [2.05, 4.69) is 31.2 Å². The van der Waals surface area contributed by atoms with Crippen LogP contribution >= 0.6 is 11.8 Å². The number of ketones is 2. The highest BCUT2D eigenvalue weighted by atomic mass is 32.2. The second kappa shape index (κ2) is 11.2. The Morgan fingerprint density at radius 1 is 0.735 bits per heavy atom. The molecule has 34 heavy (non-hydrogen) atoms. The van der Waals surface area contributed by atoms with Gasteiger partial charge in [0.15, 0.2) is 11.6 Å². The van der Waals surface area contributed by atoms with Crippen molar-refractivity contribution in [3.63, 3.8) is 0 Å². The molecule has 2 nitrogen and oxygen atoms in total. The van der Waals surface area contributed by atoms with Crippen molar-refractivity contribution in [2.75, 3.05) is 0 Å². The van der Waals surface area contributed by atoms with Gasteiger partial charge >= 0.3 is 0 Å². The zero-order chi connectivity index (χ0) is 24.1. The Bertz CT molecular complexity index is 1110. The molecule has 3 heteroatoms. The van der Waals surface area contributed by atoms with Gasteiger partial charge in [0, 0.05) is 34.5 Å². The molecule has 0 unspecified atom stereocenters. The highest BCUT2D eigenvalue weighted by Gasteiger charge is 2.39. The minimum Gasteiger partial charge on any atom is -0.294 e. The molecule has 1 aliphatic carbocycles. The number of benzene rings is 3. The van der Waals surface area contributed by atoms with E-state index in [9.17, 15) is 9.59 Å². The number of thioether (sulfide) groups is 1. The van der Waals surface area contributed by atoms with Crippen LogP contribution in [0.1, 0.15) is 68.7 Å². The van der Waals surface area contributed by atoms with Gasteiger partial charge in [0.2, 0.25) is 0 Å². The lowest BCUT2D eigenvalue weighted by molar-refractivity contribution is 0.0793. The predicted molar refractivity (Wildman–Crippen MR) is 143 cm³/mol. The number of rotatable bonds is 8. The Balaban J connectivity index is 1.56. The summed E-state index contributed by atoms with van der Waals surface area (Å²) >= 11 is 1.89. The molecule has 1 saturated carbocycles. The Kier molecular flexibility index (Phi) is 8.05. The Hall–Kier alpha value is -2.65. The van der Waals surface area contributed by atoms with Gasteiger partial charge in [-0.15, -0.1) is 0 Å². The van der Waals surface area contributed by atoms with Gasteiger partial charge in [-0.1, -0.05) is 95.9 Å². The lowest BCUT2D eigenvalue weighted by Gasteiger charge is -2.37. The summed E-state index contributed by atoms with van der Waals surface area (Å²) in [5.41, 5.74) is 6.36. The first-order valence-corrected chi connectivity index (χ1v) is 13.3. The minimum absolute atomic E-state index is 0.0758. The summed E-state index contributed by atoms with van der Waals surface area (Å²) in [7, 11) is 0. The van der Waals surface area contributed by atoms with Crippen molar-refractivity contribution < 1.29 is 9.59 Å². The largest absolute Gasteiger partial charge is 0.294 e. The molecule has 0 aromatic heterocycles. The summed E-state index contributed by atoms with van der Waals surface area (Å²) in [5.74, 6) is 1.17. The van der Waals surface area contributed by atoms with Crippen molar-refractivity contribution >= 4 is 23.3 Å². The van der Waals surface area contributed by atoms with Crippen molar-refractivity contribution in [1.29, 1.82) is 0 Å². The Labute approximate surface area is 208 Å². The average molecular weight is 471 g/mol. The third-order valence-corrected chi connectivity index (χ3v) is 8.47. The highest BCUT2D eigenvalue weighted by Crippen LogP contribution is 2.42. The van der Waals surface area contributed by atoms with Crippen LogP contribution in [0.2, 0.25) is 0 Å². The number of hydrogen-bond donors (Lipinski definition) is 0. The van der Waals surface area contributed by atoms with Crippen LogP contribution in [0.4, 0.5) is 0 Å². The molecule has 1 fully saturated rings. The first-order chi connectivity index (χ1) is 16.4. The molecule has 3 aromatic rings. The first kappa shape index (κ1) is 24.5.